The smallest absolute Gasteiger partial charge is 0.262 e. The Hall–Kier alpha value is -3.09. The first kappa shape index (κ1) is 18.9. The third kappa shape index (κ3) is 2.91. The van der Waals surface area contributed by atoms with Crippen LogP contribution in [-0.2, 0) is 0 Å². The van der Waals surface area contributed by atoms with Gasteiger partial charge < -0.3 is 4.57 Å². The number of benzene rings is 1. The molecule has 1 fully saturated rings. The molecule has 3 aromatic heterocycles. The molecule has 154 valence electrons. The van der Waals surface area contributed by atoms with E-state index in [1.165, 1.54) is 18.6 Å². The molecule has 0 unspecified atom stereocenters. The summed E-state index contributed by atoms with van der Waals surface area (Å²) in [6.45, 7) is 6.28. The summed E-state index contributed by atoms with van der Waals surface area (Å²) in [5, 5.41) is 4.97. The van der Waals surface area contributed by atoms with E-state index in [-0.39, 0.29) is 17.4 Å². The summed E-state index contributed by atoms with van der Waals surface area (Å²) < 4.78 is 17.1. The van der Waals surface area contributed by atoms with E-state index < -0.39 is 0 Å². The van der Waals surface area contributed by atoms with Gasteiger partial charge in [0, 0.05) is 17.8 Å². The van der Waals surface area contributed by atoms with Crippen molar-refractivity contribution in [1.29, 1.82) is 0 Å². The highest BCUT2D eigenvalue weighted by Crippen LogP contribution is 2.37. The van der Waals surface area contributed by atoms with Gasteiger partial charge in [-0.05, 0) is 55.5 Å². The molecule has 0 radical (unpaired) electrons. The van der Waals surface area contributed by atoms with Crippen molar-refractivity contribution in [2.24, 2.45) is 11.8 Å². The Morgan fingerprint density at radius 2 is 1.83 bits per heavy atom. The molecule has 3 heterocycles. The summed E-state index contributed by atoms with van der Waals surface area (Å²) in [4.78, 5) is 22.8. The minimum Gasteiger partial charge on any atom is -0.311 e. The minimum absolute atomic E-state index is 0.0830. The van der Waals surface area contributed by atoms with Crippen LogP contribution < -0.4 is 5.56 Å². The summed E-state index contributed by atoms with van der Waals surface area (Å²) in [7, 11) is 0. The highest BCUT2D eigenvalue weighted by molar-refractivity contribution is 5.93. The van der Waals surface area contributed by atoms with Crippen molar-refractivity contribution < 1.29 is 4.39 Å². The second-order valence-corrected chi connectivity index (χ2v) is 8.46. The maximum atomic E-state index is 13.8. The molecule has 0 saturated heterocycles. The molecule has 7 heteroatoms. The van der Waals surface area contributed by atoms with Gasteiger partial charge in [0.15, 0.2) is 0 Å². The number of pyridine rings is 1. The van der Waals surface area contributed by atoms with Gasteiger partial charge in [0.25, 0.3) is 11.3 Å². The molecular formula is C23H24FN5O. The monoisotopic (exact) mass is 405 g/mol. The lowest BCUT2D eigenvalue weighted by molar-refractivity contribution is 0.183. The lowest BCUT2D eigenvalue weighted by atomic mass is 9.78. The molecule has 0 aliphatic heterocycles. The van der Waals surface area contributed by atoms with E-state index in [0.29, 0.717) is 45.6 Å². The number of rotatable bonds is 2. The van der Waals surface area contributed by atoms with Crippen LogP contribution in [0.1, 0.15) is 45.0 Å². The third-order valence-corrected chi connectivity index (χ3v) is 6.60. The van der Waals surface area contributed by atoms with E-state index in [1.807, 2.05) is 16.8 Å². The molecule has 4 aromatic rings. The highest BCUT2D eigenvalue weighted by atomic mass is 19.1. The molecule has 6 nitrogen and oxygen atoms in total. The number of hydrogen-bond acceptors (Lipinski definition) is 4. The lowest BCUT2D eigenvalue weighted by Gasteiger charge is -2.35. The van der Waals surface area contributed by atoms with Crippen LogP contribution in [0.5, 0.6) is 0 Å². The standard InChI is InChI=1S/C23H24FN5O/c1-13-5-4-6-19(14(13)2)28-12-11-18-20(22(28)30)21(16-7-9-17(24)10-8-16)29-23(26-18)25-15(3)27-29/h7-14,19H,4-6H2,1-3H3/t13-,14+,19+/m0/s1. The van der Waals surface area contributed by atoms with Gasteiger partial charge in [-0.2, -0.15) is 9.50 Å². The van der Waals surface area contributed by atoms with E-state index in [0.717, 1.165) is 12.8 Å². The summed E-state index contributed by atoms with van der Waals surface area (Å²) in [5.41, 5.74) is 1.80. The largest absolute Gasteiger partial charge is 0.311 e. The Morgan fingerprint density at radius 1 is 1.07 bits per heavy atom. The van der Waals surface area contributed by atoms with Crippen molar-refractivity contribution in [3.63, 3.8) is 0 Å². The summed E-state index contributed by atoms with van der Waals surface area (Å²) in [5.74, 6) is 1.65. The van der Waals surface area contributed by atoms with Gasteiger partial charge in [0.05, 0.1) is 16.6 Å². The number of hydrogen-bond donors (Lipinski definition) is 0. The highest BCUT2D eigenvalue weighted by Gasteiger charge is 2.30. The number of aryl methyl sites for hydroxylation is 1. The van der Waals surface area contributed by atoms with Crippen LogP contribution in [0.4, 0.5) is 4.39 Å². The Bertz CT molecular complexity index is 1310. The van der Waals surface area contributed by atoms with Crippen molar-refractivity contribution >= 4 is 16.7 Å². The fourth-order valence-electron chi connectivity index (χ4n) is 4.78. The third-order valence-electron chi connectivity index (χ3n) is 6.60. The summed E-state index contributed by atoms with van der Waals surface area (Å²) in [6.07, 6.45) is 5.16. The molecule has 0 spiro atoms. The first-order valence-corrected chi connectivity index (χ1v) is 10.5. The Kier molecular flexibility index (Phi) is 4.41. The van der Waals surface area contributed by atoms with Gasteiger partial charge in [-0.3, -0.25) is 4.79 Å². The maximum Gasteiger partial charge on any atom is 0.262 e. The molecule has 0 amide bonds. The van der Waals surface area contributed by atoms with Crippen LogP contribution in [0, 0.1) is 24.6 Å². The Balaban J connectivity index is 1.83. The van der Waals surface area contributed by atoms with E-state index >= 15 is 0 Å². The molecule has 1 aliphatic carbocycles. The average Bonchev–Trinajstić information content (AvgIpc) is 3.10. The van der Waals surface area contributed by atoms with Crippen LogP contribution in [-0.4, -0.2) is 24.1 Å². The maximum absolute atomic E-state index is 13.8. The number of fused-ring (bicyclic) bond motifs is 2. The number of aromatic nitrogens is 5. The molecule has 1 saturated carbocycles. The fraction of sp³-hybridized carbons (Fsp3) is 0.391. The Labute approximate surface area is 173 Å². The van der Waals surface area contributed by atoms with Crippen molar-refractivity contribution in [3.8, 4) is 11.3 Å². The second-order valence-electron chi connectivity index (χ2n) is 8.46. The fourth-order valence-corrected chi connectivity index (χ4v) is 4.78. The van der Waals surface area contributed by atoms with Gasteiger partial charge >= 0.3 is 0 Å². The van der Waals surface area contributed by atoms with Crippen molar-refractivity contribution in [1.82, 2.24) is 24.1 Å². The lowest BCUT2D eigenvalue weighted by Crippen LogP contribution is -2.33. The first-order chi connectivity index (χ1) is 14.4. The minimum atomic E-state index is -0.328. The van der Waals surface area contributed by atoms with Crippen molar-refractivity contribution in [2.45, 2.75) is 46.1 Å². The topological polar surface area (TPSA) is 65.1 Å². The van der Waals surface area contributed by atoms with Crippen molar-refractivity contribution in [3.05, 3.63) is 58.5 Å². The summed E-state index contributed by atoms with van der Waals surface area (Å²) >= 11 is 0. The molecule has 5 rings (SSSR count). The van der Waals surface area contributed by atoms with E-state index in [4.69, 9.17) is 0 Å². The first-order valence-electron chi connectivity index (χ1n) is 10.5. The normalized spacial score (nSPS) is 22.1. The van der Waals surface area contributed by atoms with E-state index in [1.54, 1.807) is 23.6 Å². The molecule has 1 aliphatic rings. The molecule has 0 bridgehead atoms. The van der Waals surface area contributed by atoms with Gasteiger partial charge in [0.2, 0.25) is 0 Å². The van der Waals surface area contributed by atoms with Crippen LogP contribution in [0.3, 0.4) is 0 Å². The van der Waals surface area contributed by atoms with Gasteiger partial charge in [-0.15, -0.1) is 5.10 Å². The van der Waals surface area contributed by atoms with Crippen molar-refractivity contribution in [2.75, 3.05) is 0 Å². The zero-order valence-electron chi connectivity index (χ0n) is 17.3. The average molecular weight is 405 g/mol. The van der Waals surface area contributed by atoms with Gasteiger partial charge in [-0.25, -0.2) is 9.37 Å². The predicted molar refractivity (Wildman–Crippen MR) is 114 cm³/mol. The SMILES string of the molecule is Cc1nc2nc3ccn([C@@H]4CCC[C@H](C)[C@H]4C)c(=O)c3c(-c3ccc(F)cc3)n2n1. The molecule has 0 N–H and O–H groups in total. The van der Waals surface area contributed by atoms with E-state index in [2.05, 4.69) is 28.9 Å². The van der Waals surface area contributed by atoms with Gasteiger partial charge in [0.1, 0.15) is 11.6 Å². The van der Waals surface area contributed by atoms with Crippen LogP contribution in [0.2, 0.25) is 0 Å². The van der Waals surface area contributed by atoms with Crippen LogP contribution in [0.15, 0.2) is 41.3 Å². The number of halogens is 1. The zero-order valence-corrected chi connectivity index (χ0v) is 17.3. The summed E-state index contributed by atoms with van der Waals surface area (Å²) in [6, 6.07) is 8.16. The molecule has 1 aromatic carbocycles. The molecular weight excluding hydrogens is 381 g/mol. The van der Waals surface area contributed by atoms with Crippen LogP contribution in [0.25, 0.3) is 27.9 Å². The molecule has 3 atom stereocenters. The second kappa shape index (κ2) is 7.00. The van der Waals surface area contributed by atoms with Crippen LogP contribution >= 0.6 is 0 Å². The zero-order chi connectivity index (χ0) is 21.0. The number of nitrogens with zero attached hydrogens (tertiary/aromatic N) is 5. The van der Waals surface area contributed by atoms with Gasteiger partial charge in [-0.1, -0.05) is 26.7 Å². The Morgan fingerprint density at radius 3 is 2.60 bits per heavy atom. The molecule has 30 heavy (non-hydrogen) atoms. The quantitative estimate of drug-likeness (QED) is 0.491. The van der Waals surface area contributed by atoms with E-state index in [9.17, 15) is 9.18 Å². The predicted octanol–water partition coefficient (Wildman–Crippen LogP) is 4.55.